The molecule has 1 aromatic heterocycles. The Morgan fingerprint density at radius 1 is 1.50 bits per heavy atom. The molecular formula is C12H15N3O. The molecule has 0 saturated carbocycles. The number of terminal acetylenes is 1. The van der Waals surface area contributed by atoms with Gasteiger partial charge in [0.05, 0.1) is 17.1 Å². The van der Waals surface area contributed by atoms with Gasteiger partial charge in [-0.15, -0.1) is 12.3 Å². The minimum Gasteiger partial charge on any atom is -0.308 e. The van der Waals surface area contributed by atoms with Crippen LogP contribution in [0, 0.1) is 32.1 Å². The van der Waals surface area contributed by atoms with Crippen molar-refractivity contribution in [3.63, 3.8) is 0 Å². The summed E-state index contributed by atoms with van der Waals surface area (Å²) in [6, 6.07) is 0. The highest BCUT2D eigenvalue weighted by atomic mass is 16.2. The van der Waals surface area contributed by atoms with Crippen molar-refractivity contribution in [1.29, 1.82) is 0 Å². The quantitative estimate of drug-likeness (QED) is 0.659. The average molecular weight is 217 g/mol. The number of carbonyl (C=O) groups excluding carboxylic acids is 1. The summed E-state index contributed by atoms with van der Waals surface area (Å²) in [5.74, 6) is 2.78. The lowest BCUT2D eigenvalue weighted by atomic mass is 10.1. The van der Waals surface area contributed by atoms with E-state index in [0.717, 1.165) is 17.1 Å². The molecule has 1 aliphatic heterocycles. The maximum absolute atomic E-state index is 11.9. The molecule has 1 saturated heterocycles. The minimum absolute atomic E-state index is 0.0338. The smallest absolute Gasteiger partial charge is 0.228 e. The Balaban J connectivity index is 2.39. The van der Waals surface area contributed by atoms with E-state index in [4.69, 9.17) is 6.42 Å². The van der Waals surface area contributed by atoms with Gasteiger partial charge in [-0.3, -0.25) is 9.48 Å². The van der Waals surface area contributed by atoms with Gasteiger partial charge in [-0.25, -0.2) is 0 Å². The third kappa shape index (κ3) is 1.49. The Kier molecular flexibility index (Phi) is 2.47. The lowest BCUT2D eigenvalue weighted by Gasteiger charge is -2.16. The van der Waals surface area contributed by atoms with Crippen molar-refractivity contribution in [2.75, 3.05) is 11.4 Å². The van der Waals surface area contributed by atoms with Crippen LogP contribution in [0.1, 0.15) is 17.8 Å². The van der Waals surface area contributed by atoms with Crippen LogP contribution in [0.25, 0.3) is 0 Å². The average Bonchev–Trinajstić information content (AvgIpc) is 2.70. The van der Waals surface area contributed by atoms with Crippen molar-refractivity contribution in [2.24, 2.45) is 13.0 Å². The highest BCUT2D eigenvalue weighted by Crippen LogP contribution is 2.29. The highest BCUT2D eigenvalue weighted by Gasteiger charge is 2.32. The predicted octanol–water partition coefficient (Wildman–Crippen LogP) is 1.02. The monoisotopic (exact) mass is 217 g/mol. The van der Waals surface area contributed by atoms with E-state index in [1.54, 1.807) is 9.58 Å². The molecule has 1 unspecified atom stereocenters. The SMILES string of the molecule is C#CC1CC(=O)N(c2c(C)nn(C)c2C)C1. The minimum atomic E-state index is 0.0338. The standard InChI is InChI=1S/C12H15N3O/c1-5-10-6-11(16)15(7-10)12-8(2)13-14(4)9(12)3/h1,10H,6-7H2,2-4H3. The van der Waals surface area contributed by atoms with Crippen LogP contribution in [-0.2, 0) is 11.8 Å². The van der Waals surface area contributed by atoms with Crippen LogP contribution in [0.15, 0.2) is 0 Å². The molecule has 1 aromatic rings. The maximum Gasteiger partial charge on any atom is 0.228 e. The van der Waals surface area contributed by atoms with Gasteiger partial charge >= 0.3 is 0 Å². The Hall–Kier alpha value is -1.76. The topological polar surface area (TPSA) is 38.1 Å². The summed E-state index contributed by atoms with van der Waals surface area (Å²) in [5.41, 5.74) is 2.81. The fourth-order valence-electron chi connectivity index (χ4n) is 2.19. The molecular weight excluding hydrogens is 202 g/mol. The first-order chi connectivity index (χ1) is 7.54. The number of carbonyl (C=O) groups is 1. The van der Waals surface area contributed by atoms with Crippen LogP contribution < -0.4 is 4.90 Å². The van der Waals surface area contributed by atoms with E-state index in [0.29, 0.717) is 13.0 Å². The van der Waals surface area contributed by atoms with Gasteiger partial charge in [0.2, 0.25) is 5.91 Å². The van der Waals surface area contributed by atoms with E-state index >= 15 is 0 Å². The van der Waals surface area contributed by atoms with Crippen LogP contribution in [-0.4, -0.2) is 22.2 Å². The van der Waals surface area contributed by atoms with Gasteiger partial charge in [0.25, 0.3) is 0 Å². The molecule has 0 N–H and O–H groups in total. The van der Waals surface area contributed by atoms with Gasteiger partial charge in [-0.05, 0) is 13.8 Å². The van der Waals surface area contributed by atoms with Crippen molar-refractivity contribution >= 4 is 11.6 Å². The summed E-state index contributed by atoms with van der Waals surface area (Å²) in [4.78, 5) is 13.6. The van der Waals surface area contributed by atoms with Crippen LogP contribution in [0.5, 0.6) is 0 Å². The summed E-state index contributed by atoms with van der Waals surface area (Å²) in [6.45, 7) is 4.49. The number of aryl methyl sites for hydroxylation is 2. The molecule has 2 heterocycles. The van der Waals surface area contributed by atoms with Crippen LogP contribution in [0.4, 0.5) is 5.69 Å². The molecule has 1 aliphatic rings. The van der Waals surface area contributed by atoms with Crippen LogP contribution in [0.3, 0.4) is 0 Å². The highest BCUT2D eigenvalue weighted by molar-refractivity contribution is 5.97. The number of anilines is 1. The first kappa shape index (κ1) is 10.7. The zero-order valence-corrected chi connectivity index (χ0v) is 9.82. The second-order valence-corrected chi connectivity index (χ2v) is 4.22. The molecule has 1 atom stereocenters. The molecule has 16 heavy (non-hydrogen) atoms. The van der Waals surface area contributed by atoms with E-state index in [1.807, 2.05) is 20.9 Å². The Morgan fingerprint density at radius 2 is 2.19 bits per heavy atom. The Labute approximate surface area is 95.2 Å². The third-order valence-electron chi connectivity index (χ3n) is 3.10. The van der Waals surface area contributed by atoms with Crippen LogP contribution in [0.2, 0.25) is 0 Å². The van der Waals surface area contributed by atoms with Gasteiger partial charge in [0.1, 0.15) is 0 Å². The summed E-state index contributed by atoms with van der Waals surface area (Å²) in [5, 5.41) is 4.31. The summed E-state index contributed by atoms with van der Waals surface area (Å²) >= 11 is 0. The summed E-state index contributed by atoms with van der Waals surface area (Å²) in [6.07, 6.45) is 5.82. The van der Waals surface area contributed by atoms with Gasteiger partial charge in [-0.1, -0.05) is 0 Å². The Morgan fingerprint density at radius 3 is 2.62 bits per heavy atom. The number of hydrogen-bond donors (Lipinski definition) is 0. The number of nitrogens with zero attached hydrogens (tertiary/aromatic N) is 3. The number of rotatable bonds is 1. The predicted molar refractivity (Wildman–Crippen MR) is 62.0 cm³/mol. The van der Waals surface area contributed by atoms with E-state index < -0.39 is 0 Å². The first-order valence-electron chi connectivity index (χ1n) is 5.31. The van der Waals surface area contributed by atoms with Crippen molar-refractivity contribution < 1.29 is 4.79 Å². The molecule has 0 aliphatic carbocycles. The van der Waals surface area contributed by atoms with Crippen molar-refractivity contribution in [3.8, 4) is 12.3 Å². The zero-order chi connectivity index (χ0) is 11.9. The van der Waals surface area contributed by atoms with Gasteiger partial charge in [-0.2, -0.15) is 5.10 Å². The maximum atomic E-state index is 11.9. The normalized spacial score (nSPS) is 20.2. The Bertz CT molecular complexity index is 481. The van der Waals surface area contributed by atoms with Gasteiger partial charge in [0, 0.05) is 25.9 Å². The van der Waals surface area contributed by atoms with Crippen molar-refractivity contribution in [1.82, 2.24) is 9.78 Å². The fraction of sp³-hybridized carbons (Fsp3) is 0.500. The molecule has 1 amide bonds. The van der Waals surface area contributed by atoms with E-state index in [1.165, 1.54) is 0 Å². The number of aromatic nitrogens is 2. The second-order valence-electron chi connectivity index (χ2n) is 4.22. The molecule has 0 aromatic carbocycles. The number of hydrogen-bond acceptors (Lipinski definition) is 2. The number of amides is 1. The summed E-state index contributed by atoms with van der Waals surface area (Å²) in [7, 11) is 1.88. The lowest BCUT2D eigenvalue weighted by molar-refractivity contribution is -0.117. The molecule has 4 nitrogen and oxygen atoms in total. The second kappa shape index (κ2) is 3.67. The largest absolute Gasteiger partial charge is 0.308 e. The molecule has 1 fully saturated rings. The van der Waals surface area contributed by atoms with Crippen molar-refractivity contribution in [2.45, 2.75) is 20.3 Å². The molecule has 4 heteroatoms. The molecule has 0 radical (unpaired) electrons. The van der Waals surface area contributed by atoms with E-state index in [9.17, 15) is 4.79 Å². The molecule has 0 bridgehead atoms. The molecule has 2 rings (SSSR count). The fourth-order valence-corrected chi connectivity index (χ4v) is 2.19. The van der Waals surface area contributed by atoms with Crippen molar-refractivity contribution in [3.05, 3.63) is 11.4 Å². The molecule has 84 valence electrons. The summed E-state index contributed by atoms with van der Waals surface area (Å²) < 4.78 is 1.79. The third-order valence-corrected chi connectivity index (χ3v) is 3.10. The zero-order valence-electron chi connectivity index (χ0n) is 9.82. The van der Waals surface area contributed by atoms with Gasteiger partial charge in [0.15, 0.2) is 0 Å². The lowest BCUT2D eigenvalue weighted by Crippen LogP contribution is -2.25. The van der Waals surface area contributed by atoms with Crippen LogP contribution >= 0.6 is 0 Å². The van der Waals surface area contributed by atoms with E-state index in [2.05, 4.69) is 11.0 Å². The first-order valence-corrected chi connectivity index (χ1v) is 5.31. The van der Waals surface area contributed by atoms with E-state index in [-0.39, 0.29) is 11.8 Å². The molecule has 0 spiro atoms. The van der Waals surface area contributed by atoms with Gasteiger partial charge < -0.3 is 4.90 Å².